The molecule has 0 spiro atoms. The zero-order chi connectivity index (χ0) is 26.3. The average molecular weight is 520 g/mol. The third-order valence-electron chi connectivity index (χ3n) is 6.61. The highest BCUT2D eigenvalue weighted by atomic mass is 35.5. The minimum Gasteiger partial charge on any atom is -0.492 e. The molecule has 0 unspecified atom stereocenters. The third-order valence-corrected chi connectivity index (χ3v) is 6.98. The molecule has 4 aromatic rings. The van der Waals surface area contributed by atoms with Crippen molar-refractivity contribution in [2.24, 2.45) is 0 Å². The smallest absolute Gasteiger partial charge is 0.274 e. The molecule has 194 valence electrons. The van der Waals surface area contributed by atoms with Crippen molar-refractivity contribution in [1.29, 1.82) is 0 Å². The van der Waals surface area contributed by atoms with Crippen molar-refractivity contribution < 1.29 is 14.3 Å². The maximum atomic E-state index is 13.9. The van der Waals surface area contributed by atoms with Gasteiger partial charge in [0.2, 0.25) is 0 Å². The number of nitrogens with zero attached hydrogens (tertiary/aromatic N) is 2. The number of rotatable bonds is 7. The van der Waals surface area contributed by atoms with Gasteiger partial charge in [-0.2, -0.15) is 0 Å². The van der Waals surface area contributed by atoms with Crippen LogP contribution in [0.15, 0.2) is 54.6 Å². The van der Waals surface area contributed by atoms with Crippen LogP contribution in [0.5, 0.6) is 11.5 Å². The Balaban J connectivity index is 1.51. The molecule has 1 N–H and O–H groups in total. The van der Waals surface area contributed by atoms with Gasteiger partial charge in [0.1, 0.15) is 29.4 Å². The van der Waals surface area contributed by atoms with Gasteiger partial charge in [-0.15, -0.1) is 11.6 Å². The van der Waals surface area contributed by atoms with Crippen LogP contribution < -0.4 is 14.4 Å². The van der Waals surface area contributed by atoms with E-state index in [1.54, 1.807) is 0 Å². The molecule has 7 heteroatoms. The van der Waals surface area contributed by atoms with Crippen LogP contribution in [0.3, 0.4) is 0 Å². The van der Waals surface area contributed by atoms with Gasteiger partial charge < -0.3 is 24.3 Å². The molecule has 0 fully saturated rings. The van der Waals surface area contributed by atoms with Gasteiger partial charge in [-0.1, -0.05) is 24.3 Å². The Kier molecular flexibility index (Phi) is 6.82. The Bertz CT molecular complexity index is 1450. The molecule has 0 saturated heterocycles. The summed E-state index contributed by atoms with van der Waals surface area (Å²) in [5, 5.41) is 3.05. The Morgan fingerprint density at radius 3 is 2.57 bits per heavy atom. The first-order chi connectivity index (χ1) is 17.6. The minimum absolute atomic E-state index is 0.0373. The molecule has 2 heterocycles. The van der Waals surface area contributed by atoms with Crippen LogP contribution >= 0.6 is 11.6 Å². The van der Waals surface area contributed by atoms with E-state index in [1.807, 2.05) is 82.2 Å². The van der Waals surface area contributed by atoms with E-state index in [4.69, 9.17) is 21.1 Å². The van der Waals surface area contributed by atoms with Crippen LogP contribution in [0.2, 0.25) is 0 Å². The first kappa shape index (κ1) is 25.4. The number of ether oxygens (including phenoxy) is 2. The number of likely N-dealkylation sites (N-methyl/N-ethyl adjacent to an activating group) is 1. The molecule has 6 nitrogen and oxygen atoms in total. The molecule has 5 rings (SSSR count). The van der Waals surface area contributed by atoms with Gasteiger partial charge in [-0.05, 0) is 70.1 Å². The molecule has 0 bridgehead atoms. The monoisotopic (exact) mass is 519 g/mol. The zero-order valence-corrected chi connectivity index (χ0v) is 22.9. The molecule has 1 aromatic heterocycles. The number of aromatic amines is 1. The topological polar surface area (TPSA) is 57.8 Å². The fourth-order valence-corrected chi connectivity index (χ4v) is 5.20. The maximum Gasteiger partial charge on any atom is 0.274 e. The highest BCUT2D eigenvalue weighted by molar-refractivity contribution is 6.19. The first-order valence-electron chi connectivity index (χ1n) is 12.7. The van der Waals surface area contributed by atoms with Gasteiger partial charge in [-0.3, -0.25) is 4.79 Å². The number of alkyl halides is 1. The summed E-state index contributed by atoms with van der Waals surface area (Å²) >= 11 is 6.45. The van der Waals surface area contributed by atoms with Crippen molar-refractivity contribution in [1.82, 2.24) is 9.88 Å². The lowest BCUT2D eigenvalue weighted by molar-refractivity contribution is 0.0984. The second-order valence-corrected chi connectivity index (χ2v) is 11.2. The zero-order valence-electron chi connectivity index (χ0n) is 22.1. The molecular weight excluding hydrogens is 486 g/mol. The van der Waals surface area contributed by atoms with E-state index in [1.165, 1.54) is 0 Å². The second-order valence-electron chi connectivity index (χ2n) is 10.9. The highest BCUT2D eigenvalue weighted by Crippen LogP contribution is 2.46. The van der Waals surface area contributed by atoms with Crippen LogP contribution in [-0.2, 0) is 0 Å². The number of H-pyrrole nitrogens is 1. The Labute approximate surface area is 223 Å². The number of amides is 1. The summed E-state index contributed by atoms with van der Waals surface area (Å²) in [6, 6.07) is 18.0. The van der Waals surface area contributed by atoms with Crippen molar-refractivity contribution in [2.75, 3.05) is 44.6 Å². The first-order valence-corrected chi connectivity index (χ1v) is 13.2. The van der Waals surface area contributed by atoms with E-state index in [-0.39, 0.29) is 17.4 Å². The molecule has 37 heavy (non-hydrogen) atoms. The average Bonchev–Trinajstić information content (AvgIpc) is 3.44. The lowest BCUT2D eigenvalue weighted by Crippen LogP contribution is -2.30. The predicted molar refractivity (Wildman–Crippen MR) is 152 cm³/mol. The summed E-state index contributed by atoms with van der Waals surface area (Å²) in [5.41, 5.74) is 3.02. The molecule has 1 aliphatic rings. The predicted octanol–water partition coefficient (Wildman–Crippen LogP) is 6.42. The summed E-state index contributed by atoms with van der Waals surface area (Å²) in [7, 11) is 4.03. The molecule has 0 radical (unpaired) electrons. The summed E-state index contributed by atoms with van der Waals surface area (Å²) in [4.78, 5) is 21.1. The number of hydrogen-bond donors (Lipinski definition) is 1. The molecule has 3 aromatic carbocycles. The van der Waals surface area contributed by atoms with Crippen molar-refractivity contribution in [3.05, 3.63) is 65.9 Å². The van der Waals surface area contributed by atoms with E-state index in [9.17, 15) is 4.79 Å². The number of hydrogen-bond acceptors (Lipinski definition) is 4. The molecular formula is C30H34ClN3O3. The van der Waals surface area contributed by atoms with Gasteiger partial charge in [0, 0.05) is 47.2 Å². The van der Waals surface area contributed by atoms with Crippen LogP contribution in [0.1, 0.15) is 42.7 Å². The van der Waals surface area contributed by atoms with E-state index in [0.29, 0.717) is 24.7 Å². The van der Waals surface area contributed by atoms with Gasteiger partial charge in [0.25, 0.3) is 5.91 Å². The largest absolute Gasteiger partial charge is 0.492 e. The number of carbonyl (C=O) groups is 1. The molecule has 0 saturated carbocycles. The fraction of sp³-hybridized carbons (Fsp3) is 0.367. The molecule has 1 atom stereocenters. The van der Waals surface area contributed by atoms with Crippen molar-refractivity contribution in [3.63, 3.8) is 0 Å². The standard InChI is InChI=1S/C30H34ClN3O3/c1-30(2,3)37-27-16-26-28(23-9-7-6-8-22(23)27)20(17-31)18-34(26)29(35)25-15-19-14-21(10-11-24(19)32-25)36-13-12-33(4)5/h6-11,14-16,20,32H,12-13,17-18H2,1-5H3/t20-/m1/s1. The summed E-state index contributed by atoms with van der Waals surface area (Å²) in [6.07, 6.45) is 0. The number of fused-ring (bicyclic) bond motifs is 4. The quantitative estimate of drug-likeness (QED) is 0.286. The lowest BCUT2D eigenvalue weighted by atomic mass is 9.95. The van der Waals surface area contributed by atoms with E-state index < -0.39 is 0 Å². The summed E-state index contributed by atoms with van der Waals surface area (Å²) in [6.45, 7) is 8.05. The van der Waals surface area contributed by atoms with Crippen molar-refractivity contribution in [2.45, 2.75) is 32.3 Å². The van der Waals surface area contributed by atoms with Crippen LogP contribution in [0.25, 0.3) is 21.7 Å². The highest BCUT2D eigenvalue weighted by Gasteiger charge is 2.36. The van der Waals surface area contributed by atoms with Gasteiger partial charge in [0.05, 0.1) is 5.69 Å². The molecule has 1 aliphatic heterocycles. The fourth-order valence-electron chi connectivity index (χ4n) is 4.95. The Morgan fingerprint density at radius 1 is 1.11 bits per heavy atom. The van der Waals surface area contributed by atoms with E-state index in [0.717, 1.165) is 51.0 Å². The summed E-state index contributed by atoms with van der Waals surface area (Å²) < 4.78 is 12.2. The van der Waals surface area contributed by atoms with Crippen LogP contribution in [0.4, 0.5) is 5.69 Å². The van der Waals surface area contributed by atoms with Gasteiger partial charge in [0.15, 0.2) is 0 Å². The lowest BCUT2D eigenvalue weighted by Gasteiger charge is -2.25. The number of carbonyl (C=O) groups excluding carboxylic acids is 1. The summed E-state index contributed by atoms with van der Waals surface area (Å²) in [5.74, 6) is 1.94. The second kappa shape index (κ2) is 9.92. The number of nitrogens with one attached hydrogen (secondary N) is 1. The van der Waals surface area contributed by atoms with Gasteiger partial charge >= 0.3 is 0 Å². The SMILES string of the molecule is CN(C)CCOc1ccc2[nH]c(C(=O)N3C[C@@H](CCl)c4c3cc(OC(C)(C)C)c3ccccc43)cc2c1. The number of halogens is 1. The van der Waals surface area contributed by atoms with Crippen LogP contribution in [0, 0.1) is 0 Å². The van der Waals surface area contributed by atoms with Gasteiger partial charge in [-0.25, -0.2) is 0 Å². The Morgan fingerprint density at radius 2 is 1.86 bits per heavy atom. The number of benzene rings is 3. The molecule has 0 aliphatic carbocycles. The maximum absolute atomic E-state index is 13.9. The van der Waals surface area contributed by atoms with Crippen molar-refractivity contribution in [3.8, 4) is 11.5 Å². The molecule has 1 amide bonds. The van der Waals surface area contributed by atoms with E-state index in [2.05, 4.69) is 22.0 Å². The number of anilines is 1. The van der Waals surface area contributed by atoms with Crippen molar-refractivity contribution >= 4 is 44.9 Å². The Hall–Kier alpha value is -3.22. The minimum atomic E-state index is -0.375. The van der Waals surface area contributed by atoms with Crippen LogP contribution in [-0.4, -0.2) is 61.1 Å². The number of aromatic nitrogens is 1. The third kappa shape index (κ3) is 5.13. The van der Waals surface area contributed by atoms with E-state index >= 15 is 0 Å². The normalized spacial score (nSPS) is 15.5.